The number of anilines is 1. The molecule has 118 valence electrons. The van der Waals surface area contributed by atoms with E-state index in [0.29, 0.717) is 0 Å². The topological polar surface area (TPSA) is 77.2 Å². The molecular formula is C14H18BrN5OS. The van der Waals surface area contributed by atoms with Crippen LogP contribution in [0.1, 0.15) is 19.8 Å². The largest absolute Gasteiger partial charge is 0.376 e. The Hall–Kier alpha value is -0.830. The van der Waals surface area contributed by atoms with Gasteiger partial charge in [-0.2, -0.15) is 8.75 Å². The van der Waals surface area contributed by atoms with Gasteiger partial charge in [0.25, 0.3) is 0 Å². The highest BCUT2D eigenvalue weighted by molar-refractivity contribution is 9.10. The maximum Gasteiger partial charge on any atom is 0.158 e. The zero-order chi connectivity index (χ0) is 15.3. The van der Waals surface area contributed by atoms with Gasteiger partial charge >= 0.3 is 0 Å². The van der Waals surface area contributed by atoms with Gasteiger partial charge in [-0.3, -0.25) is 0 Å². The summed E-state index contributed by atoms with van der Waals surface area (Å²) in [4.78, 5) is 6.87. The van der Waals surface area contributed by atoms with Gasteiger partial charge in [0, 0.05) is 30.7 Å². The summed E-state index contributed by atoms with van der Waals surface area (Å²) in [5, 5.41) is 0. The van der Waals surface area contributed by atoms with Crippen molar-refractivity contribution in [1.82, 2.24) is 13.7 Å². The second-order valence-corrected chi connectivity index (χ2v) is 7.67. The summed E-state index contributed by atoms with van der Waals surface area (Å²) in [6, 6.07) is 0.133. The van der Waals surface area contributed by atoms with Crippen LogP contribution in [0.15, 0.2) is 10.7 Å². The number of nitrogens with two attached hydrogens (primary N) is 1. The minimum Gasteiger partial charge on any atom is -0.376 e. The van der Waals surface area contributed by atoms with Gasteiger partial charge in [-0.15, -0.1) is 0 Å². The third kappa shape index (κ3) is 2.16. The summed E-state index contributed by atoms with van der Waals surface area (Å²) >= 11 is 4.72. The fraction of sp³-hybridized carbons (Fsp3) is 0.643. The van der Waals surface area contributed by atoms with Crippen LogP contribution in [0.5, 0.6) is 0 Å². The average Bonchev–Trinajstić information content (AvgIpc) is 3.12. The quantitative estimate of drug-likeness (QED) is 0.812. The van der Waals surface area contributed by atoms with E-state index in [9.17, 15) is 0 Å². The van der Waals surface area contributed by atoms with Crippen molar-refractivity contribution in [2.45, 2.75) is 31.9 Å². The van der Waals surface area contributed by atoms with E-state index in [0.717, 1.165) is 53.9 Å². The Balaban J connectivity index is 1.59. The number of aromatic nitrogens is 3. The van der Waals surface area contributed by atoms with E-state index in [2.05, 4.69) is 41.5 Å². The van der Waals surface area contributed by atoms with E-state index in [4.69, 9.17) is 10.5 Å². The van der Waals surface area contributed by atoms with Crippen LogP contribution in [0.2, 0.25) is 0 Å². The second kappa shape index (κ2) is 5.36. The summed E-state index contributed by atoms with van der Waals surface area (Å²) in [5.41, 5.74) is 8.29. The highest BCUT2D eigenvalue weighted by Gasteiger charge is 2.47. The SMILES string of the molecule is CC1OCC2(CCN(c3ncc(Br)c4nsnc34)CC2)C1N. The lowest BCUT2D eigenvalue weighted by molar-refractivity contribution is 0.0974. The molecular weight excluding hydrogens is 366 g/mol. The fourth-order valence-corrected chi connectivity index (χ4v) is 4.65. The molecule has 2 unspecified atom stereocenters. The van der Waals surface area contributed by atoms with Crippen molar-refractivity contribution in [3.63, 3.8) is 0 Å². The first-order valence-electron chi connectivity index (χ1n) is 7.50. The lowest BCUT2D eigenvalue weighted by atomic mass is 9.73. The molecule has 0 radical (unpaired) electrons. The number of fused-ring (bicyclic) bond motifs is 1. The van der Waals surface area contributed by atoms with Gasteiger partial charge in [0.05, 0.1) is 28.9 Å². The minimum atomic E-state index is 0.130. The monoisotopic (exact) mass is 383 g/mol. The molecule has 2 aliphatic heterocycles. The zero-order valence-electron chi connectivity index (χ0n) is 12.3. The summed E-state index contributed by atoms with van der Waals surface area (Å²) < 4.78 is 15.4. The Morgan fingerprint density at radius 1 is 1.36 bits per heavy atom. The first-order valence-corrected chi connectivity index (χ1v) is 9.02. The molecule has 8 heteroatoms. The van der Waals surface area contributed by atoms with Crippen LogP contribution in [0.3, 0.4) is 0 Å². The van der Waals surface area contributed by atoms with Gasteiger partial charge in [0.2, 0.25) is 0 Å². The molecule has 2 saturated heterocycles. The van der Waals surface area contributed by atoms with Crippen molar-refractivity contribution in [2.75, 3.05) is 24.6 Å². The van der Waals surface area contributed by atoms with Crippen LogP contribution in [0, 0.1) is 5.41 Å². The number of ether oxygens (including phenoxy) is 1. The highest BCUT2D eigenvalue weighted by Crippen LogP contribution is 2.42. The maximum atomic E-state index is 6.38. The average molecular weight is 384 g/mol. The van der Waals surface area contributed by atoms with Crippen molar-refractivity contribution in [1.29, 1.82) is 0 Å². The lowest BCUT2D eigenvalue weighted by Crippen LogP contribution is -2.50. The Kier molecular flexibility index (Phi) is 3.60. The van der Waals surface area contributed by atoms with E-state index in [1.54, 1.807) is 0 Å². The molecule has 2 atom stereocenters. The predicted octanol–water partition coefficient (Wildman–Crippen LogP) is 2.18. The van der Waals surface area contributed by atoms with Crippen LogP contribution in [0.25, 0.3) is 11.0 Å². The van der Waals surface area contributed by atoms with E-state index < -0.39 is 0 Å². The lowest BCUT2D eigenvalue weighted by Gasteiger charge is -2.41. The van der Waals surface area contributed by atoms with Gasteiger partial charge < -0.3 is 15.4 Å². The summed E-state index contributed by atoms with van der Waals surface area (Å²) in [7, 11) is 0. The van der Waals surface area contributed by atoms with Gasteiger partial charge in [-0.25, -0.2) is 4.98 Å². The van der Waals surface area contributed by atoms with Gasteiger partial charge in [-0.05, 0) is 35.7 Å². The Labute approximate surface area is 141 Å². The van der Waals surface area contributed by atoms with E-state index >= 15 is 0 Å². The van der Waals surface area contributed by atoms with Crippen LogP contribution in [-0.4, -0.2) is 45.6 Å². The van der Waals surface area contributed by atoms with Crippen molar-refractivity contribution in [2.24, 2.45) is 11.1 Å². The van der Waals surface area contributed by atoms with Crippen molar-refractivity contribution < 1.29 is 4.74 Å². The Morgan fingerprint density at radius 3 is 2.77 bits per heavy atom. The standard InChI is InChI=1S/C14H18BrN5OS/c1-8-12(16)14(7-21-8)2-4-20(5-3-14)13-11-10(18-22-19-11)9(15)6-17-13/h6,8,12H,2-5,7,16H2,1H3. The molecule has 0 bridgehead atoms. The maximum absolute atomic E-state index is 6.38. The van der Waals surface area contributed by atoms with Gasteiger partial charge in [0.1, 0.15) is 11.0 Å². The van der Waals surface area contributed by atoms with E-state index in [1.165, 1.54) is 11.7 Å². The van der Waals surface area contributed by atoms with E-state index in [1.807, 2.05) is 6.20 Å². The van der Waals surface area contributed by atoms with Gasteiger partial charge in [0.15, 0.2) is 5.82 Å². The molecule has 2 fully saturated rings. The number of piperidine rings is 1. The number of hydrogen-bond donors (Lipinski definition) is 1. The van der Waals surface area contributed by atoms with Crippen LogP contribution in [0.4, 0.5) is 5.82 Å². The predicted molar refractivity (Wildman–Crippen MR) is 90.2 cm³/mol. The molecule has 0 amide bonds. The first kappa shape index (κ1) is 14.7. The summed E-state index contributed by atoms with van der Waals surface area (Å²) in [6.45, 7) is 4.73. The zero-order valence-corrected chi connectivity index (χ0v) is 14.7. The molecule has 0 aromatic carbocycles. The summed E-state index contributed by atoms with van der Waals surface area (Å²) in [5.74, 6) is 0.933. The molecule has 1 spiro atoms. The fourth-order valence-electron chi connectivity index (χ4n) is 3.60. The highest BCUT2D eigenvalue weighted by atomic mass is 79.9. The van der Waals surface area contributed by atoms with E-state index in [-0.39, 0.29) is 17.6 Å². The minimum absolute atomic E-state index is 0.130. The molecule has 2 aromatic heterocycles. The summed E-state index contributed by atoms with van der Waals surface area (Å²) in [6.07, 6.45) is 4.05. The van der Waals surface area contributed by atoms with Crippen molar-refractivity contribution >= 4 is 44.5 Å². The Bertz CT molecular complexity index is 700. The molecule has 0 saturated carbocycles. The van der Waals surface area contributed by atoms with Crippen LogP contribution >= 0.6 is 27.7 Å². The third-order valence-corrected chi connectivity index (χ3v) is 6.24. The smallest absolute Gasteiger partial charge is 0.158 e. The molecule has 22 heavy (non-hydrogen) atoms. The molecule has 0 aliphatic carbocycles. The molecule has 4 heterocycles. The van der Waals surface area contributed by atoms with Gasteiger partial charge in [-0.1, -0.05) is 0 Å². The number of hydrogen-bond acceptors (Lipinski definition) is 7. The van der Waals surface area contributed by atoms with Crippen molar-refractivity contribution in [3.8, 4) is 0 Å². The molecule has 2 aliphatic rings. The normalized spacial score (nSPS) is 27.9. The number of halogens is 1. The number of pyridine rings is 1. The number of nitrogens with zero attached hydrogens (tertiary/aromatic N) is 4. The second-order valence-electron chi connectivity index (χ2n) is 6.28. The molecule has 2 aromatic rings. The molecule has 4 rings (SSSR count). The third-order valence-electron chi connectivity index (χ3n) is 5.13. The molecule has 2 N–H and O–H groups in total. The first-order chi connectivity index (χ1) is 10.6. The van der Waals surface area contributed by atoms with Crippen molar-refractivity contribution in [3.05, 3.63) is 10.7 Å². The van der Waals surface area contributed by atoms with Crippen LogP contribution in [-0.2, 0) is 4.74 Å². The van der Waals surface area contributed by atoms with Crippen LogP contribution < -0.4 is 10.6 Å². The Morgan fingerprint density at radius 2 is 2.09 bits per heavy atom. The number of rotatable bonds is 1. The molecule has 6 nitrogen and oxygen atoms in total.